The predicted molar refractivity (Wildman–Crippen MR) is 80.9 cm³/mol. The smallest absolute Gasteiger partial charge is 0.277 e. The lowest BCUT2D eigenvalue weighted by molar-refractivity contribution is 0.463. The highest BCUT2D eigenvalue weighted by Gasteiger charge is 2.11. The van der Waals surface area contributed by atoms with Crippen LogP contribution in [0.3, 0.4) is 0 Å². The van der Waals surface area contributed by atoms with Crippen LogP contribution in [0.5, 0.6) is 11.6 Å². The van der Waals surface area contributed by atoms with E-state index >= 15 is 0 Å². The number of nitrogens with one attached hydrogen (secondary N) is 2. The molecular weight excluding hydrogens is 270 g/mol. The van der Waals surface area contributed by atoms with Gasteiger partial charge in [-0.1, -0.05) is 0 Å². The third-order valence-electron chi connectivity index (χ3n) is 3.39. The summed E-state index contributed by atoms with van der Waals surface area (Å²) in [6, 6.07) is 7.67. The molecule has 0 bridgehead atoms. The first-order valence-electron chi connectivity index (χ1n) is 6.81. The van der Waals surface area contributed by atoms with Crippen molar-refractivity contribution in [2.75, 3.05) is 36.8 Å². The van der Waals surface area contributed by atoms with Crippen LogP contribution in [0.15, 0.2) is 35.4 Å². The Morgan fingerprint density at radius 2 is 1.90 bits per heavy atom. The Morgan fingerprint density at radius 3 is 2.62 bits per heavy atom. The van der Waals surface area contributed by atoms with Gasteiger partial charge in [0.2, 0.25) is 5.88 Å². The summed E-state index contributed by atoms with van der Waals surface area (Å²) < 4.78 is 5.55. The van der Waals surface area contributed by atoms with Crippen LogP contribution in [-0.4, -0.2) is 36.1 Å². The lowest BCUT2D eigenvalue weighted by Gasteiger charge is -2.29. The van der Waals surface area contributed by atoms with Crippen molar-refractivity contribution in [1.29, 1.82) is 0 Å². The van der Waals surface area contributed by atoms with Crippen molar-refractivity contribution < 1.29 is 4.74 Å². The van der Waals surface area contributed by atoms with Crippen LogP contribution in [0.4, 0.5) is 11.4 Å². The van der Waals surface area contributed by atoms with Crippen LogP contribution in [-0.2, 0) is 0 Å². The molecule has 0 radical (unpaired) electrons. The topological polar surface area (TPSA) is 96.3 Å². The fraction of sp³-hybridized carbons (Fsp3) is 0.286. The molecule has 110 valence electrons. The van der Waals surface area contributed by atoms with Crippen LogP contribution in [0, 0.1) is 0 Å². The van der Waals surface area contributed by atoms with Crippen molar-refractivity contribution >= 4 is 11.4 Å². The number of H-pyrrole nitrogens is 1. The quantitative estimate of drug-likeness (QED) is 0.763. The second kappa shape index (κ2) is 5.84. The molecule has 0 spiro atoms. The summed E-state index contributed by atoms with van der Waals surface area (Å²) in [7, 11) is 0. The highest BCUT2D eigenvalue weighted by Crippen LogP contribution is 2.25. The minimum Gasteiger partial charge on any atom is -0.437 e. The van der Waals surface area contributed by atoms with Crippen LogP contribution in [0.25, 0.3) is 0 Å². The number of rotatable bonds is 3. The van der Waals surface area contributed by atoms with E-state index in [-0.39, 0.29) is 11.6 Å². The van der Waals surface area contributed by atoms with Gasteiger partial charge in [0.1, 0.15) is 5.75 Å². The minimum atomic E-state index is -0.405. The van der Waals surface area contributed by atoms with Gasteiger partial charge < -0.3 is 25.7 Å². The van der Waals surface area contributed by atoms with E-state index in [1.165, 1.54) is 6.33 Å². The maximum atomic E-state index is 11.4. The van der Waals surface area contributed by atoms with Crippen molar-refractivity contribution in [1.82, 2.24) is 15.3 Å². The molecule has 1 aliphatic rings. The number of benzene rings is 1. The Kier molecular flexibility index (Phi) is 3.74. The summed E-state index contributed by atoms with van der Waals surface area (Å²) in [5.41, 5.74) is 6.35. The van der Waals surface area contributed by atoms with E-state index in [1.807, 2.05) is 24.3 Å². The van der Waals surface area contributed by atoms with E-state index in [4.69, 9.17) is 10.5 Å². The zero-order valence-electron chi connectivity index (χ0n) is 11.5. The molecular formula is C14H17N5O2. The van der Waals surface area contributed by atoms with E-state index < -0.39 is 5.56 Å². The van der Waals surface area contributed by atoms with Gasteiger partial charge in [0, 0.05) is 31.9 Å². The molecule has 2 aromatic rings. The standard InChI is InChI=1S/C14H17N5O2/c15-12-13(20)17-9-18-14(12)21-11-3-1-10(2-4-11)19-7-5-16-6-8-19/h1-4,9,16H,5-8,15H2,(H,17,18,20). The molecule has 7 nitrogen and oxygen atoms in total. The molecule has 0 amide bonds. The van der Waals surface area contributed by atoms with Gasteiger partial charge in [-0.15, -0.1) is 0 Å². The van der Waals surface area contributed by atoms with Gasteiger partial charge in [-0.3, -0.25) is 4.79 Å². The Balaban J connectivity index is 1.75. The van der Waals surface area contributed by atoms with Crippen molar-refractivity contribution in [3.63, 3.8) is 0 Å². The number of nitrogens with two attached hydrogens (primary N) is 1. The number of ether oxygens (including phenoxy) is 1. The summed E-state index contributed by atoms with van der Waals surface area (Å²) >= 11 is 0. The molecule has 1 aromatic heterocycles. The van der Waals surface area contributed by atoms with E-state index in [0.29, 0.717) is 5.75 Å². The van der Waals surface area contributed by atoms with E-state index in [1.54, 1.807) is 0 Å². The molecule has 1 aromatic carbocycles. The number of hydrogen-bond donors (Lipinski definition) is 3. The monoisotopic (exact) mass is 287 g/mol. The van der Waals surface area contributed by atoms with Crippen LogP contribution < -0.4 is 26.2 Å². The lowest BCUT2D eigenvalue weighted by atomic mass is 10.2. The normalized spacial score (nSPS) is 15.0. The molecule has 3 rings (SSSR count). The highest BCUT2D eigenvalue weighted by atomic mass is 16.5. The Morgan fingerprint density at radius 1 is 1.19 bits per heavy atom. The van der Waals surface area contributed by atoms with Gasteiger partial charge in [-0.05, 0) is 24.3 Å². The first-order valence-corrected chi connectivity index (χ1v) is 6.81. The molecule has 1 aliphatic heterocycles. The molecule has 21 heavy (non-hydrogen) atoms. The lowest BCUT2D eigenvalue weighted by Crippen LogP contribution is -2.43. The van der Waals surface area contributed by atoms with Crippen molar-refractivity contribution in [3.05, 3.63) is 40.9 Å². The SMILES string of the molecule is Nc1c(Oc2ccc(N3CCNCC3)cc2)nc[nH]c1=O. The number of aromatic amines is 1. The second-order valence-electron chi connectivity index (χ2n) is 4.78. The average Bonchev–Trinajstić information content (AvgIpc) is 2.53. The first-order chi connectivity index (χ1) is 10.2. The van der Waals surface area contributed by atoms with Crippen molar-refractivity contribution in [2.45, 2.75) is 0 Å². The number of piperazine rings is 1. The Bertz CT molecular complexity index is 662. The fourth-order valence-electron chi connectivity index (χ4n) is 2.23. The Hall–Kier alpha value is -2.54. The van der Waals surface area contributed by atoms with Crippen molar-refractivity contribution in [2.24, 2.45) is 0 Å². The minimum absolute atomic E-state index is 0.0244. The summed E-state index contributed by atoms with van der Waals surface area (Å²) in [5.74, 6) is 0.715. The number of hydrogen-bond acceptors (Lipinski definition) is 6. The van der Waals surface area contributed by atoms with Gasteiger partial charge in [0.05, 0.1) is 6.33 Å². The van der Waals surface area contributed by atoms with E-state index in [2.05, 4.69) is 20.2 Å². The average molecular weight is 287 g/mol. The molecule has 4 N–H and O–H groups in total. The number of anilines is 2. The van der Waals surface area contributed by atoms with Gasteiger partial charge >= 0.3 is 0 Å². The molecule has 1 fully saturated rings. The largest absolute Gasteiger partial charge is 0.437 e. The number of nitrogen functional groups attached to an aromatic ring is 1. The Labute approximate surface area is 121 Å². The summed E-state index contributed by atoms with van der Waals surface area (Å²) in [6.45, 7) is 3.96. The summed E-state index contributed by atoms with van der Waals surface area (Å²) in [5, 5.41) is 3.32. The van der Waals surface area contributed by atoms with Gasteiger partial charge in [0.15, 0.2) is 5.69 Å². The fourth-order valence-corrected chi connectivity index (χ4v) is 2.23. The molecule has 0 aliphatic carbocycles. The van der Waals surface area contributed by atoms with Crippen LogP contribution in [0.1, 0.15) is 0 Å². The zero-order chi connectivity index (χ0) is 14.7. The van der Waals surface area contributed by atoms with E-state index in [0.717, 1.165) is 31.9 Å². The molecule has 0 unspecified atom stereocenters. The second-order valence-corrected chi connectivity index (χ2v) is 4.78. The maximum absolute atomic E-state index is 11.4. The van der Waals surface area contributed by atoms with Gasteiger partial charge in [-0.25, -0.2) is 4.98 Å². The number of aromatic nitrogens is 2. The van der Waals surface area contributed by atoms with Crippen molar-refractivity contribution in [3.8, 4) is 11.6 Å². The first kappa shape index (κ1) is 13.4. The molecule has 1 saturated heterocycles. The maximum Gasteiger partial charge on any atom is 0.277 e. The predicted octanol–water partition coefficient (Wildman–Crippen LogP) is 0.554. The third kappa shape index (κ3) is 2.97. The van der Waals surface area contributed by atoms with Crippen LogP contribution in [0.2, 0.25) is 0 Å². The van der Waals surface area contributed by atoms with Gasteiger partial charge in [0.25, 0.3) is 5.56 Å². The molecule has 0 atom stereocenters. The number of nitrogens with zero attached hydrogens (tertiary/aromatic N) is 2. The summed E-state index contributed by atoms with van der Waals surface area (Å²) in [4.78, 5) is 20.0. The van der Waals surface area contributed by atoms with Crippen LogP contribution >= 0.6 is 0 Å². The molecule has 7 heteroatoms. The highest BCUT2D eigenvalue weighted by molar-refractivity contribution is 5.51. The van der Waals surface area contributed by atoms with E-state index in [9.17, 15) is 4.79 Å². The third-order valence-corrected chi connectivity index (χ3v) is 3.39. The molecule has 0 saturated carbocycles. The molecule has 2 heterocycles. The van der Waals surface area contributed by atoms with Gasteiger partial charge in [-0.2, -0.15) is 0 Å². The summed E-state index contributed by atoms with van der Waals surface area (Å²) in [6.07, 6.45) is 1.27. The zero-order valence-corrected chi connectivity index (χ0v) is 11.5.